The summed E-state index contributed by atoms with van der Waals surface area (Å²) in [6, 6.07) is 7.01. The van der Waals surface area contributed by atoms with Crippen LogP contribution in [-0.4, -0.2) is 29.5 Å². The van der Waals surface area contributed by atoms with Crippen LogP contribution in [0.4, 0.5) is 10.5 Å². The van der Waals surface area contributed by atoms with Gasteiger partial charge in [-0.15, -0.1) is 0 Å². The van der Waals surface area contributed by atoms with Crippen molar-refractivity contribution in [2.24, 2.45) is 0 Å². The van der Waals surface area contributed by atoms with Gasteiger partial charge in [0.1, 0.15) is 5.75 Å². The average molecular weight is 381 g/mol. The molecule has 0 saturated heterocycles. The Balaban J connectivity index is 1.75. The summed E-state index contributed by atoms with van der Waals surface area (Å²) in [6.07, 6.45) is 0.805. The molecule has 1 aromatic carbocycles. The molecule has 0 atom stereocenters. The minimum absolute atomic E-state index is 0.229. The van der Waals surface area contributed by atoms with Crippen molar-refractivity contribution in [1.29, 1.82) is 0 Å². The van der Waals surface area contributed by atoms with Crippen LogP contribution in [0.1, 0.15) is 17.8 Å². The smallest absolute Gasteiger partial charge is 0.319 e. The Kier molecular flexibility index (Phi) is 6.04. The minimum atomic E-state index is -0.229. The molecule has 0 fully saturated rings. The quantitative estimate of drug-likeness (QED) is 0.753. The third kappa shape index (κ3) is 4.72. The van der Waals surface area contributed by atoms with Gasteiger partial charge in [-0.1, -0.05) is 6.07 Å². The van der Waals surface area contributed by atoms with E-state index in [1.165, 1.54) is 0 Å². The van der Waals surface area contributed by atoms with Gasteiger partial charge < -0.3 is 15.4 Å². The number of carbonyl (C=O) groups excluding carboxylic acids is 1. The molecule has 1 heterocycles. The lowest BCUT2D eigenvalue weighted by Gasteiger charge is -2.09. The molecule has 2 rings (SSSR count). The minimum Gasteiger partial charge on any atom is -0.497 e. The lowest BCUT2D eigenvalue weighted by molar-refractivity contribution is 0.251. The Hall–Kier alpha value is -2.02. The number of nitrogens with one attached hydrogen (secondary N) is 2. The van der Waals surface area contributed by atoms with E-state index >= 15 is 0 Å². The molecule has 0 unspecified atom stereocenters. The van der Waals surface area contributed by atoms with Crippen LogP contribution in [0.15, 0.2) is 28.7 Å². The van der Waals surface area contributed by atoms with Crippen LogP contribution in [0.5, 0.6) is 5.75 Å². The number of carbonyl (C=O) groups is 1. The zero-order valence-electron chi connectivity index (χ0n) is 13.5. The number of methoxy groups -OCH3 is 1. The summed E-state index contributed by atoms with van der Waals surface area (Å²) >= 11 is 3.51. The summed E-state index contributed by atoms with van der Waals surface area (Å²) in [5, 5.41) is 10.1. The fourth-order valence-corrected chi connectivity index (χ4v) is 2.48. The summed E-state index contributed by atoms with van der Waals surface area (Å²) in [7, 11) is 1.59. The van der Waals surface area contributed by atoms with Crippen molar-refractivity contribution in [2.45, 2.75) is 26.8 Å². The van der Waals surface area contributed by atoms with E-state index in [9.17, 15) is 4.79 Å². The maximum Gasteiger partial charge on any atom is 0.319 e. The number of urea groups is 1. The number of aryl methyl sites for hydroxylation is 2. The molecule has 0 spiro atoms. The highest BCUT2D eigenvalue weighted by atomic mass is 79.9. The summed E-state index contributed by atoms with van der Waals surface area (Å²) < 4.78 is 8.11. The van der Waals surface area contributed by atoms with Crippen molar-refractivity contribution in [2.75, 3.05) is 19.0 Å². The van der Waals surface area contributed by atoms with Gasteiger partial charge in [-0.3, -0.25) is 4.68 Å². The van der Waals surface area contributed by atoms with Crippen molar-refractivity contribution in [3.8, 4) is 5.75 Å². The Labute approximate surface area is 144 Å². The second kappa shape index (κ2) is 8.01. The topological polar surface area (TPSA) is 68.2 Å². The summed E-state index contributed by atoms with van der Waals surface area (Å²) in [5.41, 5.74) is 2.78. The van der Waals surface area contributed by atoms with Crippen molar-refractivity contribution < 1.29 is 9.53 Å². The molecule has 7 heteroatoms. The van der Waals surface area contributed by atoms with Crippen LogP contribution in [0, 0.1) is 13.8 Å². The second-order valence-electron chi connectivity index (χ2n) is 5.17. The standard InChI is InChI=1S/C16H21BrN4O2/c1-11-15(17)12(2)21(20-11)9-5-8-18-16(22)19-13-6-4-7-14(10-13)23-3/h4,6-7,10H,5,8-9H2,1-3H3,(H2,18,19,22). The van der Waals surface area contributed by atoms with Gasteiger partial charge in [0.05, 0.1) is 17.3 Å². The van der Waals surface area contributed by atoms with E-state index in [1.54, 1.807) is 13.2 Å². The highest BCUT2D eigenvalue weighted by molar-refractivity contribution is 9.10. The van der Waals surface area contributed by atoms with E-state index < -0.39 is 0 Å². The van der Waals surface area contributed by atoms with Gasteiger partial charge in [0, 0.05) is 30.5 Å². The molecule has 0 aliphatic heterocycles. The Morgan fingerprint density at radius 3 is 2.83 bits per heavy atom. The second-order valence-corrected chi connectivity index (χ2v) is 5.97. The molecule has 2 aromatic rings. The van der Waals surface area contributed by atoms with Crippen molar-refractivity contribution in [3.05, 3.63) is 40.1 Å². The fraction of sp³-hybridized carbons (Fsp3) is 0.375. The van der Waals surface area contributed by atoms with Crippen LogP contribution in [0.3, 0.4) is 0 Å². The number of nitrogens with zero attached hydrogens (tertiary/aromatic N) is 2. The van der Waals surface area contributed by atoms with E-state index in [1.807, 2.05) is 36.7 Å². The SMILES string of the molecule is COc1cccc(NC(=O)NCCCn2nc(C)c(Br)c2C)c1. The molecule has 0 saturated carbocycles. The number of rotatable bonds is 6. The molecule has 0 radical (unpaired) electrons. The lowest BCUT2D eigenvalue weighted by Crippen LogP contribution is -2.30. The highest BCUT2D eigenvalue weighted by Crippen LogP contribution is 2.19. The zero-order chi connectivity index (χ0) is 16.8. The molecule has 2 amide bonds. The maximum atomic E-state index is 11.9. The monoisotopic (exact) mass is 380 g/mol. The number of benzene rings is 1. The molecular formula is C16H21BrN4O2. The molecular weight excluding hydrogens is 360 g/mol. The third-order valence-corrected chi connectivity index (χ3v) is 4.60. The summed E-state index contributed by atoms with van der Waals surface area (Å²) in [5.74, 6) is 0.706. The summed E-state index contributed by atoms with van der Waals surface area (Å²) in [6.45, 7) is 5.32. The Bertz CT molecular complexity index is 685. The number of amides is 2. The van der Waals surface area contributed by atoms with E-state index in [-0.39, 0.29) is 6.03 Å². The van der Waals surface area contributed by atoms with Gasteiger partial charge in [-0.05, 0) is 48.3 Å². The van der Waals surface area contributed by atoms with E-state index in [0.29, 0.717) is 18.0 Å². The van der Waals surface area contributed by atoms with Crippen molar-refractivity contribution in [1.82, 2.24) is 15.1 Å². The molecule has 0 bridgehead atoms. The van der Waals surface area contributed by atoms with Gasteiger partial charge >= 0.3 is 6.03 Å². The normalized spacial score (nSPS) is 10.4. The first kappa shape index (κ1) is 17.3. The largest absolute Gasteiger partial charge is 0.497 e. The third-order valence-electron chi connectivity index (χ3n) is 3.45. The van der Waals surface area contributed by atoms with E-state index in [4.69, 9.17) is 4.74 Å². The Morgan fingerprint density at radius 2 is 2.17 bits per heavy atom. The number of halogens is 1. The molecule has 6 nitrogen and oxygen atoms in total. The van der Waals surface area contributed by atoms with Crippen molar-refractivity contribution >= 4 is 27.6 Å². The van der Waals surface area contributed by atoms with E-state index in [2.05, 4.69) is 31.7 Å². The van der Waals surface area contributed by atoms with Gasteiger partial charge in [0.25, 0.3) is 0 Å². The highest BCUT2D eigenvalue weighted by Gasteiger charge is 2.08. The fourth-order valence-electron chi connectivity index (χ4n) is 2.20. The molecule has 124 valence electrons. The molecule has 1 aromatic heterocycles. The maximum absolute atomic E-state index is 11.9. The van der Waals surface area contributed by atoms with Crippen molar-refractivity contribution in [3.63, 3.8) is 0 Å². The van der Waals surface area contributed by atoms with Gasteiger partial charge in [0.2, 0.25) is 0 Å². The number of hydrogen-bond donors (Lipinski definition) is 2. The summed E-state index contributed by atoms with van der Waals surface area (Å²) in [4.78, 5) is 11.9. The molecule has 23 heavy (non-hydrogen) atoms. The van der Waals surface area contributed by atoms with Crippen LogP contribution in [0.25, 0.3) is 0 Å². The van der Waals surface area contributed by atoms with Crippen LogP contribution in [-0.2, 0) is 6.54 Å². The van der Waals surface area contributed by atoms with Gasteiger partial charge in [-0.2, -0.15) is 5.10 Å². The average Bonchev–Trinajstić information content (AvgIpc) is 2.79. The van der Waals surface area contributed by atoms with E-state index in [0.717, 1.165) is 28.8 Å². The number of hydrogen-bond acceptors (Lipinski definition) is 3. The number of ether oxygens (including phenoxy) is 1. The molecule has 0 aliphatic carbocycles. The first-order chi connectivity index (χ1) is 11.0. The zero-order valence-corrected chi connectivity index (χ0v) is 15.1. The Morgan fingerprint density at radius 1 is 1.39 bits per heavy atom. The predicted octanol–water partition coefficient (Wildman–Crippen LogP) is 3.48. The van der Waals surface area contributed by atoms with Gasteiger partial charge in [0.15, 0.2) is 0 Å². The lowest BCUT2D eigenvalue weighted by atomic mass is 10.3. The number of aromatic nitrogens is 2. The first-order valence-corrected chi connectivity index (χ1v) is 8.19. The van der Waals surface area contributed by atoms with Crippen LogP contribution in [0.2, 0.25) is 0 Å². The predicted molar refractivity (Wildman–Crippen MR) is 94.0 cm³/mol. The first-order valence-electron chi connectivity index (χ1n) is 7.39. The number of anilines is 1. The van der Waals surface area contributed by atoms with Gasteiger partial charge in [-0.25, -0.2) is 4.79 Å². The van der Waals surface area contributed by atoms with Crippen LogP contribution < -0.4 is 15.4 Å². The molecule has 2 N–H and O–H groups in total. The molecule has 0 aliphatic rings. The van der Waals surface area contributed by atoms with Crippen LogP contribution >= 0.6 is 15.9 Å².